The zero-order valence-corrected chi connectivity index (χ0v) is 13.7. The second-order valence-corrected chi connectivity index (χ2v) is 7.07. The van der Waals surface area contributed by atoms with Gasteiger partial charge in [0.1, 0.15) is 6.04 Å². The Morgan fingerprint density at radius 3 is 2.00 bits per heavy atom. The molecule has 6 nitrogen and oxygen atoms in total. The maximum absolute atomic E-state index is 12.8. The maximum Gasteiger partial charge on any atom is 0.408 e. The van der Waals surface area contributed by atoms with E-state index < -0.39 is 17.7 Å². The first kappa shape index (κ1) is 17.8. The SMILES string of the molecule is CC(C)[C@@H](C(=O)N1CCC(O)CC1)N(C(=O)O)C(C)(C)C. The zero-order chi connectivity index (χ0) is 16.4. The first-order valence-corrected chi connectivity index (χ1v) is 7.54. The van der Waals surface area contributed by atoms with Crippen LogP contribution in [0, 0.1) is 5.92 Å². The molecule has 0 aromatic carbocycles. The molecule has 0 saturated carbocycles. The Balaban J connectivity index is 2.99. The van der Waals surface area contributed by atoms with Crippen molar-refractivity contribution in [3.05, 3.63) is 0 Å². The minimum Gasteiger partial charge on any atom is -0.465 e. The van der Waals surface area contributed by atoms with Gasteiger partial charge in [0.2, 0.25) is 5.91 Å². The molecule has 0 aromatic rings. The van der Waals surface area contributed by atoms with E-state index in [0.29, 0.717) is 25.9 Å². The van der Waals surface area contributed by atoms with Crippen LogP contribution in [-0.4, -0.2) is 62.8 Å². The van der Waals surface area contributed by atoms with Crippen molar-refractivity contribution in [1.82, 2.24) is 9.80 Å². The highest BCUT2D eigenvalue weighted by Gasteiger charge is 2.41. The van der Waals surface area contributed by atoms with E-state index in [9.17, 15) is 19.8 Å². The first-order valence-electron chi connectivity index (χ1n) is 7.54. The number of hydrogen-bond acceptors (Lipinski definition) is 3. The van der Waals surface area contributed by atoms with Crippen molar-refractivity contribution in [1.29, 1.82) is 0 Å². The molecular weight excluding hydrogens is 272 g/mol. The highest BCUT2D eigenvalue weighted by Crippen LogP contribution is 2.25. The highest BCUT2D eigenvalue weighted by atomic mass is 16.4. The normalized spacial score (nSPS) is 18.7. The van der Waals surface area contributed by atoms with Gasteiger partial charge in [0.25, 0.3) is 0 Å². The third-order valence-electron chi connectivity index (χ3n) is 3.87. The second kappa shape index (κ2) is 6.64. The number of aliphatic hydroxyl groups is 1. The van der Waals surface area contributed by atoms with E-state index in [1.165, 1.54) is 4.90 Å². The van der Waals surface area contributed by atoms with Crippen LogP contribution in [0.1, 0.15) is 47.5 Å². The van der Waals surface area contributed by atoms with Gasteiger partial charge in [-0.15, -0.1) is 0 Å². The number of likely N-dealkylation sites (tertiary alicyclic amines) is 1. The maximum atomic E-state index is 12.8. The van der Waals surface area contributed by atoms with Crippen molar-refractivity contribution in [2.45, 2.75) is 65.1 Å². The summed E-state index contributed by atoms with van der Waals surface area (Å²) in [6.45, 7) is 10.1. The quantitative estimate of drug-likeness (QED) is 0.832. The molecule has 0 aromatic heterocycles. The third kappa shape index (κ3) is 4.33. The molecule has 1 heterocycles. The van der Waals surface area contributed by atoms with E-state index in [-0.39, 0.29) is 17.9 Å². The molecule has 1 atom stereocenters. The van der Waals surface area contributed by atoms with Crippen molar-refractivity contribution < 1.29 is 19.8 Å². The third-order valence-corrected chi connectivity index (χ3v) is 3.87. The monoisotopic (exact) mass is 300 g/mol. The molecule has 1 aliphatic rings. The zero-order valence-electron chi connectivity index (χ0n) is 13.7. The Bertz CT molecular complexity index is 382. The molecule has 1 fully saturated rings. The van der Waals surface area contributed by atoms with Crippen LogP contribution in [0.2, 0.25) is 0 Å². The van der Waals surface area contributed by atoms with Crippen molar-refractivity contribution in [2.75, 3.05) is 13.1 Å². The minimum atomic E-state index is -1.08. The summed E-state index contributed by atoms with van der Waals surface area (Å²) in [7, 11) is 0. The number of piperidine rings is 1. The number of carboxylic acid groups (broad SMARTS) is 1. The summed E-state index contributed by atoms with van der Waals surface area (Å²) in [6.07, 6.45) is -0.325. The van der Waals surface area contributed by atoms with Crippen LogP contribution in [0.5, 0.6) is 0 Å². The highest BCUT2D eigenvalue weighted by molar-refractivity contribution is 5.86. The molecule has 2 N–H and O–H groups in total. The number of aliphatic hydroxyl groups excluding tert-OH is 1. The molecule has 1 rings (SSSR count). The average Bonchev–Trinajstić information content (AvgIpc) is 2.33. The van der Waals surface area contributed by atoms with Crippen LogP contribution in [0.4, 0.5) is 4.79 Å². The number of hydrogen-bond donors (Lipinski definition) is 2. The van der Waals surface area contributed by atoms with Gasteiger partial charge in [-0.05, 0) is 39.5 Å². The molecule has 0 radical (unpaired) electrons. The van der Waals surface area contributed by atoms with E-state index >= 15 is 0 Å². The van der Waals surface area contributed by atoms with Gasteiger partial charge in [-0.25, -0.2) is 4.79 Å². The Morgan fingerprint density at radius 1 is 1.19 bits per heavy atom. The molecule has 2 amide bonds. The van der Waals surface area contributed by atoms with E-state index in [1.54, 1.807) is 25.7 Å². The van der Waals surface area contributed by atoms with Crippen LogP contribution in [0.25, 0.3) is 0 Å². The first-order chi connectivity index (χ1) is 9.55. The van der Waals surface area contributed by atoms with E-state index in [1.807, 2.05) is 13.8 Å². The van der Waals surface area contributed by atoms with Crippen LogP contribution in [-0.2, 0) is 4.79 Å². The van der Waals surface area contributed by atoms with Gasteiger partial charge in [-0.2, -0.15) is 0 Å². The summed E-state index contributed by atoms with van der Waals surface area (Å²) in [6, 6.07) is -0.697. The fraction of sp³-hybridized carbons (Fsp3) is 0.867. The van der Waals surface area contributed by atoms with E-state index in [2.05, 4.69) is 0 Å². The van der Waals surface area contributed by atoms with Crippen molar-refractivity contribution in [3.8, 4) is 0 Å². The molecule has 0 aliphatic carbocycles. The van der Waals surface area contributed by atoms with Crippen molar-refractivity contribution in [2.24, 2.45) is 5.92 Å². The lowest BCUT2D eigenvalue weighted by Gasteiger charge is -2.43. The van der Waals surface area contributed by atoms with E-state index in [0.717, 1.165) is 0 Å². The van der Waals surface area contributed by atoms with Gasteiger partial charge in [0.05, 0.1) is 6.10 Å². The van der Waals surface area contributed by atoms with Gasteiger partial charge < -0.3 is 15.1 Å². The summed E-state index contributed by atoms with van der Waals surface area (Å²) < 4.78 is 0. The second-order valence-electron chi connectivity index (χ2n) is 7.07. The van der Waals surface area contributed by atoms with Gasteiger partial charge in [-0.1, -0.05) is 13.8 Å². The molecule has 0 spiro atoms. The standard InChI is InChI=1S/C15H28N2O4/c1-10(2)12(17(14(20)21)15(3,4)5)13(19)16-8-6-11(18)7-9-16/h10-12,18H,6-9H2,1-5H3,(H,20,21)/t12-/m0/s1. The molecule has 0 bridgehead atoms. The lowest BCUT2D eigenvalue weighted by molar-refractivity contribution is -0.142. The largest absolute Gasteiger partial charge is 0.465 e. The molecule has 1 saturated heterocycles. The van der Waals surface area contributed by atoms with Crippen LogP contribution in [0.15, 0.2) is 0 Å². The smallest absolute Gasteiger partial charge is 0.408 e. The van der Waals surface area contributed by atoms with Crippen molar-refractivity contribution >= 4 is 12.0 Å². The summed E-state index contributed by atoms with van der Waals surface area (Å²) >= 11 is 0. The molecular formula is C15H28N2O4. The van der Waals surface area contributed by atoms with Crippen LogP contribution >= 0.6 is 0 Å². The van der Waals surface area contributed by atoms with Crippen LogP contribution < -0.4 is 0 Å². The fourth-order valence-electron chi connectivity index (χ4n) is 2.79. The van der Waals surface area contributed by atoms with Crippen LogP contribution in [0.3, 0.4) is 0 Å². The lowest BCUT2D eigenvalue weighted by atomic mass is 9.94. The molecule has 1 aliphatic heterocycles. The molecule has 0 unspecified atom stereocenters. The van der Waals surface area contributed by atoms with Gasteiger partial charge >= 0.3 is 6.09 Å². The Kier molecular flexibility index (Phi) is 5.61. The van der Waals surface area contributed by atoms with Crippen molar-refractivity contribution in [3.63, 3.8) is 0 Å². The average molecular weight is 300 g/mol. The lowest BCUT2D eigenvalue weighted by Crippen LogP contribution is -2.60. The molecule has 122 valence electrons. The number of rotatable bonds is 3. The Morgan fingerprint density at radius 2 is 1.67 bits per heavy atom. The topological polar surface area (TPSA) is 81.1 Å². The fourth-order valence-corrected chi connectivity index (χ4v) is 2.79. The number of nitrogens with zero attached hydrogens (tertiary/aromatic N) is 2. The van der Waals surface area contributed by atoms with E-state index in [4.69, 9.17) is 0 Å². The van der Waals surface area contributed by atoms with Gasteiger partial charge in [0.15, 0.2) is 0 Å². The number of amides is 2. The predicted octanol–water partition coefficient (Wildman–Crippen LogP) is 1.77. The predicted molar refractivity (Wildman–Crippen MR) is 80.1 cm³/mol. The number of carbonyl (C=O) groups is 2. The Hall–Kier alpha value is -1.30. The summed E-state index contributed by atoms with van der Waals surface area (Å²) in [4.78, 5) is 27.4. The summed E-state index contributed by atoms with van der Waals surface area (Å²) in [5.74, 6) is -0.270. The van der Waals surface area contributed by atoms with Gasteiger partial charge in [0, 0.05) is 18.6 Å². The van der Waals surface area contributed by atoms with Gasteiger partial charge in [-0.3, -0.25) is 9.69 Å². The minimum absolute atomic E-state index is 0.111. The Labute approximate surface area is 126 Å². The number of carbonyl (C=O) groups excluding carboxylic acids is 1. The summed E-state index contributed by atoms with van der Waals surface area (Å²) in [5, 5.41) is 19.1. The summed E-state index contributed by atoms with van der Waals surface area (Å²) in [5.41, 5.74) is -0.647. The molecule has 6 heteroatoms. The molecule has 21 heavy (non-hydrogen) atoms.